The van der Waals surface area contributed by atoms with Crippen LogP contribution < -0.4 is 14.2 Å². The van der Waals surface area contributed by atoms with E-state index in [-0.39, 0.29) is 0 Å². The second-order valence-corrected chi connectivity index (χ2v) is 6.36. The maximum absolute atomic E-state index is 5.86. The minimum atomic E-state index is 0.516. The van der Waals surface area contributed by atoms with E-state index in [9.17, 15) is 0 Å². The maximum Gasteiger partial charge on any atom is 0.220 e. The molecule has 0 spiro atoms. The van der Waals surface area contributed by atoms with Crippen LogP contribution in [0, 0.1) is 0 Å². The Morgan fingerprint density at radius 1 is 0.759 bits per heavy atom. The third kappa shape index (κ3) is 3.67. The zero-order valence-corrected chi connectivity index (χ0v) is 16.5. The summed E-state index contributed by atoms with van der Waals surface area (Å²) in [5, 5.41) is 0. The molecule has 1 aromatic heterocycles. The zero-order chi connectivity index (χ0) is 20.2. The van der Waals surface area contributed by atoms with Crippen molar-refractivity contribution < 1.29 is 18.6 Å². The van der Waals surface area contributed by atoms with Gasteiger partial charge in [0.1, 0.15) is 5.52 Å². The average Bonchev–Trinajstić information content (AvgIpc) is 3.19. The Kier molecular flexibility index (Phi) is 5.20. The zero-order valence-electron chi connectivity index (χ0n) is 16.5. The van der Waals surface area contributed by atoms with Gasteiger partial charge in [0.05, 0.1) is 21.3 Å². The summed E-state index contributed by atoms with van der Waals surface area (Å²) in [6.07, 6.45) is 3.69. The Labute approximate surface area is 169 Å². The topological polar surface area (TPSA) is 53.7 Å². The van der Waals surface area contributed by atoms with Crippen molar-refractivity contribution in [2.24, 2.45) is 0 Å². The van der Waals surface area contributed by atoms with Gasteiger partial charge in [-0.25, -0.2) is 4.98 Å². The fourth-order valence-electron chi connectivity index (χ4n) is 3.24. The third-order valence-corrected chi connectivity index (χ3v) is 4.65. The van der Waals surface area contributed by atoms with E-state index in [0.29, 0.717) is 23.1 Å². The van der Waals surface area contributed by atoms with Gasteiger partial charge in [-0.05, 0) is 41.5 Å². The SMILES string of the molecule is COc1ccc(/C=C/c2nc3cc(-c4ccccc4)ccc3o2)c(OC)c1OC. The van der Waals surface area contributed by atoms with Crippen LogP contribution in [0.3, 0.4) is 0 Å². The van der Waals surface area contributed by atoms with Crippen LogP contribution in [0.2, 0.25) is 0 Å². The molecule has 5 heteroatoms. The van der Waals surface area contributed by atoms with Gasteiger partial charge in [0.2, 0.25) is 11.6 Å². The molecule has 4 aromatic rings. The summed E-state index contributed by atoms with van der Waals surface area (Å²) in [7, 11) is 4.77. The van der Waals surface area contributed by atoms with E-state index in [1.165, 1.54) is 0 Å². The fraction of sp³-hybridized carbons (Fsp3) is 0.125. The number of hydrogen-bond acceptors (Lipinski definition) is 5. The van der Waals surface area contributed by atoms with E-state index in [4.69, 9.17) is 18.6 Å². The number of nitrogens with zero attached hydrogens (tertiary/aromatic N) is 1. The third-order valence-electron chi connectivity index (χ3n) is 4.65. The molecule has 5 nitrogen and oxygen atoms in total. The van der Waals surface area contributed by atoms with Crippen LogP contribution in [0.25, 0.3) is 34.4 Å². The quantitative estimate of drug-likeness (QED) is 0.425. The first-order chi connectivity index (χ1) is 14.2. The molecule has 0 unspecified atom stereocenters. The fourth-order valence-corrected chi connectivity index (χ4v) is 3.24. The second-order valence-electron chi connectivity index (χ2n) is 6.36. The molecule has 0 aliphatic carbocycles. The number of fused-ring (bicyclic) bond motifs is 1. The van der Waals surface area contributed by atoms with Gasteiger partial charge in [0.15, 0.2) is 17.1 Å². The Morgan fingerprint density at radius 3 is 2.28 bits per heavy atom. The van der Waals surface area contributed by atoms with Gasteiger partial charge in [-0.3, -0.25) is 0 Å². The standard InChI is InChI=1S/C24H21NO4/c1-26-21-13-9-17(23(27-2)24(21)28-3)11-14-22-25-19-15-18(10-12-20(19)29-22)16-7-5-4-6-8-16/h4-15H,1-3H3/b14-11+. The summed E-state index contributed by atoms with van der Waals surface area (Å²) < 4.78 is 22.1. The number of benzene rings is 3. The van der Waals surface area contributed by atoms with Gasteiger partial charge in [0, 0.05) is 11.6 Å². The van der Waals surface area contributed by atoms with Crippen molar-refractivity contribution in [1.82, 2.24) is 4.98 Å². The molecule has 1 heterocycles. The van der Waals surface area contributed by atoms with Crippen molar-refractivity contribution in [3.8, 4) is 28.4 Å². The highest BCUT2D eigenvalue weighted by molar-refractivity contribution is 5.82. The Hall–Kier alpha value is -3.73. The van der Waals surface area contributed by atoms with Crippen molar-refractivity contribution in [3.63, 3.8) is 0 Å². The summed E-state index contributed by atoms with van der Waals surface area (Å²) in [6.45, 7) is 0. The van der Waals surface area contributed by atoms with E-state index in [0.717, 1.165) is 27.8 Å². The van der Waals surface area contributed by atoms with Crippen molar-refractivity contribution in [2.45, 2.75) is 0 Å². The van der Waals surface area contributed by atoms with E-state index in [1.807, 2.05) is 60.7 Å². The molecule has 0 aliphatic rings. The number of oxazole rings is 1. The molecule has 0 amide bonds. The number of hydrogen-bond donors (Lipinski definition) is 0. The molecule has 29 heavy (non-hydrogen) atoms. The van der Waals surface area contributed by atoms with Crippen molar-refractivity contribution in [2.75, 3.05) is 21.3 Å². The summed E-state index contributed by atoms with van der Waals surface area (Å²) >= 11 is 0. The molecule has 0 bridgehead atoms. The lowest BCUT2D eigenvalue weighted by Gasteiger charge is -2.13. The highest BCUT2D eigenvalue weighted by Crippen LogP contribution is 2.40. The number of ether oxygens (including phenoxy) is 3. The van der Waals surface area contributed by atoms with Crippen LogP contribution in [0.4, 0.5) is 0 Å². The highest BCUT2D eigenvalue weighted by Gasteiger charge is 2.14. The molecule has 146 valence electrons. The summed E-state index contributed by atoms with van der Waals surface area (Å²) in [6, 6.07) is 19.9. The summed E-state index contributed by atoms with van der Waals surface area (Å²) in [4.78, 5) is 4.60. The van der Waals surface area contributed by atoms with E-state index >= 15 is 0 Å². The van der Waals surface area contributed by atoms with E-state index in [1.54, 1.807) is 21.3 Å². The normalized spacial score (nSPS) is 11.1. The van der Waals surface area contributed by atoms with Gasteiger partial charge >= 0.3 is 0 Å². The van der Waals surface area contributed by atoms with Crippen molar-refractivity contribution in [3.05, 3.63) is 72.1 Å². The lowest BCUT2D eigenvalue weighted by Crippen LogP contribution is -1.96. The molecule has 4 rings (SSSR count). The number of aromatic nitrogens is 1. The second kappa shape index (κ2) is 8.10. The summed E-state index contributed by atoms with van der Waals surface area (Å²) in [5.41, 5.74) is 4.62. The Balaban J connectivity index is 1.67. The van der Waals surface area contributed by atoms with E-state index < -0.39 is 0 Å². The van der Waals surface area contributed by atoms with Crippen LogP contribution in [-0.4, -0.2) is 26.3 Å². The highest BCUT2D eigenvalue weighted by atomic mass is 16.5. The number of rotatable bonds is 6. The molecular formula is C24H21NO4. The first kappa shape index (κ1) is 18.6. The predicted octanol–water partition coefficient (Wildman–Crippen LogP) is 5.69. The maximum atomic E-state index is 5.86. The van der Waals surface area contributed by atoms with Crippen LogP contribution in [0.5, 0.6) is 17.2 Å². The minimum absolute atomic E-state index is 0.516. The molecule has 0 atom stereocenters. The van der Waals surface area contributed by atoms with Gasteiger partial charge in [-0.15, -0.1) is 0 Å². The van der Waals surface area contributed by atoms with Gasteiger partial charge < -0.3 is 18.6 Å². The Bertz CT molecular complexity index is 1160. The lowest BCUT2D eigenvalue weighted by atomic mass is 10.1. The first-order valence-electron chi connectivity index (χ1n) is 9.16. The monoisotopic (exact) mass is 387 g/mol. The molecule has 0 fully saturated rings. The predicted molar refractivity (Wildman–Crippen MR) is 114 cm³/mol. The smallest absolute Gasteiger partial charge is 0.220 e. The first-order valence-corrected chi connectivity index (χ1v) is 9.16. The van der Waals surface area contributed by atoms with Crippen LogP contribution >= 0.6 is 0 Å². The molecule has 0 saturated heterocycles. The molecular weight excluding hydrogens is 366 g/mol. The van der Waals surface area contributed by atoms with Crippen molar-refractivity contribution in [1.29, 1.82) is 0 Å². The largest absolute Gasteiger partial charge is 0.493 e. The molecule has 0 aliphatic heterocycles. The average molecular weight is 387 g/mol. The number of methoxy groups -OCH3 is 3. The molecule has 0 radical (unpaired) electrons. The van der Waals surface area contributed by atoms with Crippen LogP contribution in [0.1, 0.15) is 11.5 Å². The van der Waals surface area contributed by atoms with Crippen LogP contribution in [0.15, 0.2) is 65.1 Å². The minimum Gasteiger partial charge on any atom is -0.493 e. The Morgan fingerprint density at radius 2 is 1.55 bits per heavy atom. The van der Waals surface area contributed by atoms with Crippen molar-refractivity contribution >= 4 is 23.3 Å². The van der Waals surface area contributed by atoms with Gasteiger partial charge in [-0.2, -0.15) is 0 Å². The molecule has 3 aromatic carbocycles. The van der Waals surface area contributed by atoms with Gasteiger partial charge in [-0.1, -0.05) is 36.4 Å². The molecule has 0 saturated carbocycles. The van der Waals surface area contributed by atoms with E-state index in [2.05, 4.69) is 17.1 Å². The molecule has 0 N–H and O–H groups in total. The van der Waals surface area contributed by atoms with Gasteiger partial charge in [0.25, 0.3) is 0 Å². The summed E-state index contributed by atoms with van der Waals surface area (Å²) in [5.74, 6) is 2.26. The lowest BCUT2D eigenvalue weighted by molar-refractivity contribution is 0.324. The van der Waals surface area contributed by atoms with Crippen LogP contribution in [-0.2, 0) is 0 Å².